The summed E-state index contributed by atoms with van der Waals surface area (Å²) in [5.74, 6) is -2.26. The summed E-state index contributed by atoms with van der Waals surface area (Å²) in [5, 5.41) is 16.0. The molecule has 15 nitrogen and oxygen atoms in total. The predicted octanol–water partition coefficient (Wildman–Crippen LogP) is 14.2. The maximum absolute atomic E-state index is 15.8. The van der Waals surface area contributed by atoms with Gasteiger partial charge in [-0.25, -0.2) is 14.6 Å². The minimum atomic E-state index is -2.66. The van der Waals surface area contributed by atoms with E-state index in [1.54, 1.807) is 56.7 Å². The second kappa shape index (κ2) is 29.2. The van der Waals surface area contributed by atoms with E-state index in [0.29, 0.717) is 56.6 Å². The lowest BCUT2D eigenvalue weighted by molar-refractivity contribution is -0.162. The minimum Gasteiger partial charge on any atom is -0.497 e. The van der Waals surface area contributed by atoms with E-state index in [-0.39, 0.29) is 29.3 Å². The molecule has 0 saturated carbocycles. The number of carbonyl (C=O) groups is 4. The zero-order valence-corrected chi connectivity index (χ0v) is 57.4. The van der Waals surface area contributed by atoms with E-state index in [1.165, 1.54) is 28.0 Å². The number of thiazole rings is 1. The van der Waals surface area contributed by atoms with Gasteiger partial charge >= 0.3 is 11.9 Å². The number of anilines is 1. The lowest BCUT2D eigenvalue weighted by Gasteiger charge is -2.50. The number of ether oxygens (including phenoxy) is 5. The van der Waals surface area contributed by atoms with Gasteiger partial charge in [-0.15, -0.1) is 23.1 Å². The maximum atomic E-state index is 15.8. The topological polar surface area (TPSA) is 176 Å². The second-order valence-electron chi connectivity index (χ2n) is 24.6. The molecule has 0 bridgehead atoms. The highest BCUT2D eigenvalue weighted by molar-refractivity contribution is 8.00. The highest BCUT2D eigenvalue weighted by Crippen LogP contribution is 2.58. The summed E-state index contributed by atoms with van der Waals surface area (Å²) in [4.78, 5) is 75.1. The molecule has 18 heteroatoms. The number of amides is 2. The first-order valence-electron chi connectivity index (χ1n) is 32.7. The van der Waals surface area contributed by atoms with Gasteiger partial charge in [0.05, 0.1) is 13.3 Å². The Balaban J connectivity index is 0.860. The number of nitrogens with zero attached hydrogens (tertiary/aromatic N) is 3. The fourth-order valence-electron chi connectivity index (χ4n) is 13.1. The molecule has 0 radical (unpaired) electrons. The summed E-state index contributed by atoms with van der Waals surface area (Å²) < 4.78 is 30.5. The van der Waals surface area contributed by atoms with Gasteiger partial charge in [0.1, 0.15) is 63.9 Å². The van der Waals surface area contributed by atoms with Gasteiger partial charge in [0, 0.05) is 36.1 Å². The Bertz CT molecular complexity index is 4540. The van der Waals surface area contributed by atoms with Gasteiger partial charge in [-0.05, 0) is 94.0 Å². The molecule has 14 rings (SSSR count). The van der Waals surface area contributed by atoms with E-state index in [1.807, 2.05) is 218 Å². The molecule has 3 aliphatic rings. The van der Waals surface area contributed by atoms with E-state index < -0.39 is 66.0 Å². The molecule has 2 N–H and O–H groups in total. The van der Waals surface area contributed by atoms with E-state index >= 15 is 19.2 Å². The number of methoxy groups -OCH3 is 1. The number of hydrogen-bond acceptors (Lipinski definition) is 15. The van der Waals surface area contributed by atoms with Gasteiger partial charge in [-0.1, -0.05) is 230 Å². The second-order valence-corrected chi connectivity index (χ2v) is 30.0. The maximum Gasteiger partial charge on any atom is 0.355 e. The Labute approximate surface area is 588 Å². The van der Waals surface area contributed by atoms with Crippen LogP contribution >= 0.6 is 30.4 Å². The third-order valence-electron chi connectivity index (χ3n) is 17.8. The third kappa shape index (κ3) is 13.5. The zero-order chi connectivity index (χ0) is 68.6. The van der Waals surface area contributed by atoms with Crippen molar-refractivity contribution in [2.45, 2.75) is 55.4 Å². The van der Waals surface area contributed by atoms with Crippen molar-refractivity contribution >= 4 is 80.9 Å². The lowest BCUT2D eigenvalue weighted by Crippen LogP contribution is -2.71. The third-order valence-corrected chi connectivity index (χ3v) is 24.3. The summed E-state index contributed by atoms with van der Waals surface area (Å²) >= 11 is 2.66. The molecule has 498 valence electrons. The average molecular weight is 1380 g/mol. The number of esters is 2. The van der Waals surface area contributed by atoms with Gasteiger partial charge in [-0.2, -0.15) is 0 Å². The van der Waals surface area contributed by atoms with E-state index in [0.717, 1.165) is 32.6 Å². The van der Waals surface area contributed by atoms with E-state index in [4.69, 9.17) is 33.5 Å². The number of aromatic nitrogens is 1. The number of nitrogens with one attached hydrogen (secondary N) is 2. The van der Waals surface area contributed by atoms with Crippen molar-refractivity contribution in [3.8, 4) is 17.2 Å². The molecule has 0 aliphatic carbocycles. The van der Waals surface area contributed by atoms with Gasteiger partial charge in [-0.3, -0.25) is 14.5 Å². The fraction of sp³-hybridized carbons (Fsp3) is 0.146. The van der Waals surface area contributed by atoms with Gasteiger partial charge in [0.2, 0.25) is 11.9 Å². The minimum absolute atomic E-state index is 0.0482. The molecule has 3 aliphatic heterocycles. The summed E-state index contributed by atoms with van der Waals surface area (Å²) in [7, 11) is -1.08. The normalized spacial score (nSPS) is 15.8. The van der Waals surface area contributed by atoms with Crippen molar-refractivity contribution in [1.29, 1.82) is 0 Å². The number of hydrogen-bond donors (Lipinski definition) is 2. The van der Waals surface area contributed by atoms with Crippen LogP contribution in [-0.4, -0.2) is 75.6 Å². The molecular weight excluding hydrogens is 1310 g/mol. The number of oxime groups is 1. The molecule has 0 spiro atoms. The standard InChI is InChI=1S/C82H68N5O10PS2/c1-81(2)95-68-49-46-58(50-69(68)96-81)74(79(91)94-73(56-28-12-4-13-29-56)57-30-14-5-15-31-57)97-86-70(67-54-100-80(83-67)85-82(60-32-16-6-17-33-60,61-34-18-7-19-35-61)62-36-20-8-21-37-62)75(88)84-71-76(89)87-72(78(90)93-51-55-44-47-63(92-3)48-45-55)59(53-99-77(71)87)52-98(64-38-22-9-23-39-64,65-40-24-10-25-41-65)66-42-26-11-27-43-66/h4-50,54,71,73-74,77H,51-53H2,1-3H3,(H-,83,84,85,88)/p+1/b86-70-/t71-,74+,77-/m1/s1. The van der Waals surface area contributed by atoms with Gasteiger partial charge < -0.3 is 39.2 Å². The molecule has 3 atom stereocenters. The van der Waals surface area contributed by atoms with Crippen molar-refractivity contribution in [3.63, 3.8) is 0 Å². The number of β-lactam (4-membered cyclic amide) rings is 1. The van der Waals surface area contributed by atoms with Gasteiger partial charge in [0.25, 0.3) is 11.8 Å². The Morgan fingerprint density at radius 1 is 0.640 bits per heavy atom. The molecule has 2 amide bonds. The first-order chi connectivity index (χ1) is 48.9. The summed E-state index contributed by atoms with van der Waals surface area (Å²) in [6, 6.07) is 90.7. The Morgan fingerprint density at radius 2 is 1.14 bits per heavy atom. The van der Waals surface area contributed by atoms with E-state index in [9.17, 15) is 0 Å². The van der Waals surface area contributed by atoms with Crippen molar-refractivity contribution in [1.82, 2.24) is 15.2 Å². The molecule has 1 fully saturated rings. The summed E-state index contributed by atoms with van der Waals surface area (Å²) in [5.41, 5.74) is 4.55. The average Bonchev–Trinajstić information content (AvgIpc) is 0.822. The van der Waals surface area contributed by atoms with Crippen molar-refractivity contribution in [2.24, 2.45) is 5.16 Å². The summed E-state index contributed by atoms with van der Waals surface area (Å²) in [6.07, 6.45) is -2.16. The first kappa shape index (κ1) is 66.2. The molecule has 100 heavy (non-hydrogen) atoms. The SMILES string of the molecule is COc1ccc(COC(=O)C2=C(C[P+](c3ccccc3)(c3ccccc3)c3ccccc3)CS[C@@H]3[C@H](NC(=O)/C(=N\O[C@H](C(=O)OC(c4ccccc4)c4ccccc4)c4ccc5c(c4)OC(C)(C)O5)c4csc(NC(c5ccccc5)(c5ccccc5)c5ccccc5)n4)C(=O)N23)cc1. The number of thioether (sulfide) groups is 1. The Hall–Kier alpha value is -11.1. The fourth-order valence-corrected chi connectivity index (χ4v) is 19.7. The Morgan fingerprint density at radius 3 is 1.66 bits per heavy atom. The highest BCUT2D eigenvalue weighted by atomic mass is 32.2. The van der Waals surface area contributed by atoms with E-state index in [2.05, 4.69) is 52.2 Å². The molecule has 1 saturated heterocycles. The van der Waals surface area contributed by atoms with Crippen LogP contribution in [0.25, 0.3) is 0 Å². The smallest absolute Gasteiger partial charge is 0.355 e. The van der Waals surface area contributed by atoms with Crippen LogP contribution in [0.5, 0.6) is 17.2 Å². The highest BCUT2D eigenvalue weighted by Gasteiger charge is 2.57. The summed E-state index contributed by atoms with van der Waals surface area (Å²) in [6.45, 7) is 3.45. The molecule has 0 unspecified atom stereocenters. The van der Waals surface area contributed by atoms with Crippen LogP contribution in [0, 0.1) is 0 Å². The lowest BCUT2D eigenvalue weighted by atomic mass is 9.77. The van der Waals surface area contributed by atoms with Crippen molar-refractivity contribution in [3.05, 3.63) is 346 Å². The zero-order valence-electron chi connectivity index (χ0n) is 54.8. The predicted molar refractivity (Wildman–Crippen MR) is 393 cm³/mol. The van der Waals surface area contributed by atoms with Crippen molar-refractivity contribution in [2.75, 3.05) is 24.3 Å². The van der Waals surface area contributed by atoms with Crippen molar-refractivity contribution < 1.29 is 47.7 Å². The van der Waals surface area contributed by atoms with Crippen LogP contribution in [0.2, 0.25) is 0 Å². The first-order valence-corrected chi connectivity index (χ1v) is 36.6. The molecule has 1 aromatic heterocycles. The quantitative estimate of drug-likeness (QED) is 0.0146. The van der Waals surface area contributed by atoms with Crippen LogP contribution in [0.4, 0.5) is 5.13 Å². The van der Waals surface area contributed by atoms with Crippen LogP contribution in [0.1, 0.15) is 70.7 Å². The molecule has 11 aromatic rings. The van der Waals surface area contributed by atoms with Crippen LogP contribution < -0.4 is 40.8 Å². The largest absolute Gasteiger partial charge is 0.497 e. The van der Waals surface area contributed by atoms with Crippen LogP contribution in [-0.2, 0) is 45.6 Å². The number of fused-ring (bicyclic) bond motifs is 2. The number of rotatable bonds is 24. The number of benzene rings is 10. The monoisotopic (exact) mass is 1380 g/mol. The number of carbonyl (C=O) groups excluding carboxylic acids is 4. The van der Waals surface area contributed by atoms with Crippen LogP contribution in [0.15, 0.2) is 307 Å². The molecular formula is C82H69N5O10PS2+. The van der Waals surface area contributed by atoms with Gasteiger partial charge in [0.15, 0.2) is 28.4 Å². The molecule has 10 aromatic carbocycles. The Kier molecular flexibility index (Phi) is 19.3. The van der Waals surface area contributed by atoms with Crippen LogP contribution in [0.3, 0.4) is 0 Å². The molecule has 4 heterocycles.